The molecule has 2 aromatic carbocycles. The van der Waals surface area contributed by atoms with E-state index >= 15 is 0 Å². The number of aliphatic imine (C=N–C) groups is 1. The molecule has 0 bridgehead atoms. The molecule has 1 aliphatic rings. The van der Waals surface area contributed by atoms with Gasteiger partial charge in [0.2, 0.25) is 0 Å². The number of aromatic amines is 2. The molecule has 5 aromatic rings. The highest BCUT2D eigenvalue weighted by molar-refractivity contribution is 6.15. The van der Waals surface area contributed by atoms with Crippen LogP contribution in [0.2, 0.25) is 0 Å². The highest BCUT2D eigenvalue weighted by Crippen LogP contribution is 2.39. The summed E-state index contributed by atoms with van der Waals surface area (Å²) in [7, 11) is 1.82. The van der Waals surface area contributed by atoms with Crippen LogP contribution in [0.25, 0.3) is 33.4 Å². The number of anilines is 1. The molecule has 5 N–H and O–H groups in total. The van der Waals surface area contributed by atoms with Gasteiger partial charge in [0.25, 0.3) is 11.9 Å². The van der Waals surface area contributed by atoms with Gasteiger partial charge in [-0.1, -0.05) is 24.3 Å². The number of carbonyl (C=O) groups is 1. The summed E-state index contributed by atoms with van der Waals surface area (Å²) in [6.45, 7) is 4.35. The molecule has 6 rings (SSSR count). The average molecular weight is 517 g/mol. The minimum Gasteiger partial charge on any atom is -0.392 e. The second-order valence-corrected chi connectivity index (χ2v) is 9.52. The molecule has 194 valence electrons. The topological polar surface area (TPSA) is 128 Å². The first-order valence-electron chi connectivity index (χ1n) is 12.7. The molecule has 4 heterocycles. The van der Waals surface area contributed by atoms with Gasteiger partial charge in [0.05, 0.1) is 23.4 Å². The molecule has 1 amide bonds. The van der Waals surface area contributed by atoms with Crippen molar-refractivity contribution in [2.24, 2.45) is 10.7 Å². The molecule has 0 saturated heterocycles. The number of carbonyl (C=O) groups excluding carboxylic acids is 1. The number of aryl methyl sites for hydroxylation is 1. The summed E-state index contributed by atoms with van der Waals surface area (Å²) in [6, 6.07) is 15.8. The van der Waals surface area contributed by atoms with Gasteiger partial charge < -0.3 is 25.9 Å². The fourth-order valence-corrected chi connectivity index (χ4v) is 5.04. The van der Waals surface area contributed by atoms with Crippen molar-refractivity contribution in [1.82, 2.24) is 25.3 Å². The van der Waals surface area contributed by atoms with Crippen LogP contribution in [0.5, 0.6) is 0 Å². The van der Waals surface area contributed by atoms with Crippen molar-refractivity contribution in [3.05, 3.63) is 95.6 Å². The van der Waals surface area contributed by atoms with Gasteiger partial charge in [-0.2, -0.15) is 4.99 Å². The summed E-state index contributed by atoms with van der Waals surface area (Å²) in [5, 5.41) is 3.97. The first kappa shape index (κ1) is 24.2. The smallest absolute Gasteiger partial charge is 0.259 e. The third-order valence-corrected chi connectivity index (χ3v) is 7.04. The zero-order chi connectivity index (χ0) is 27.1. The van der Waals surface area contributed by atoms with Crippen LogP contribution >= 0.6 is 0 Å². The molecule has 3 aromatic heterocycles. The van der Waals surface area contributed by atoms with Gasteiger partial charge in [-0.3, -0.25) is 4.79 Å². The van der Waals surface area contributed by atoms with E-state index in [-0.39, 0.29) is 11.9 Å². The lowest BCUT2D eigenvalue weighted by Gasteiger charge is -2.17. The number of hydrogen-bond donors (Lipinski definition) is 4. The number of nitrogens with one attached hydrogen (secondary N) is 3. The summed E-state index contributed by atoms with van der Waals surface area (Å²) in [5.41, 5.74) is 15.0. The summed E-state index contributed by atoms with van der Waals surface area (Å²) >= 11 is 0. The largest absolute Gasteiger partial charge is 0.392 e. The monoisotopic (exact) mass is 516 g/mol. The van der Waals surface area contributed by atoms with E-state index in [0.717, 1.165) is 61.5 Å². The number of rotatable bonds is 6. The highest BCUT2D eigenvalue weighted by atomic mass is 16.2. The maximum atomic E-state index is 13.6. The number of allylic oxidation sites excluding steroid dienone is 1. The quantitative estimate of drug-likeness (QED) is 0.182. The SMILES string of the molecule is CN/C(C)=C\C(N)=N/c1ncc(C)c(-c2c[nH]c3c(N4Cc5c(cccc5-c5ccc[nH]5)C4=O)cccc23)n1. The Morgan fingerprint density at radius 1 is 1.10 bits per heavy atom. The Hall–Kier alpha value is -5.18. The lowest BCUT2D eigenvalue weighted by atomic mass is 10.0. The predicted octanol–water partition coefficient (Wildman–Crippen LogP) is 5.20. The summed E-state index contributed by atoms with van der Waals surface area (Å²) in [4.78, 5) is 35.5. The Balaban J connectivity index is 1.40. The number of hydrogen-bond acceptors (Lipinski definition) is 5. The van der Waals surface area contributed by atoms with E-state index < -0.39 is 0 Å². The Labute approximate surface area is 225 Å². The molecule has 0 atom stereocenters. The minimum absolute atomic E-state index is 0.0164. The standard InChI is InChI=1S/C30H28N8O/c1-17-14-35-30(36-26(31)13-18(2)32-3)37-27(17)22-15-34-28-20(22)8-5-11-25(28)38-16-23-19(24-10-6-12-33-24)7-4-9-21(23)29(38)39/h4-15,32-34H,16H2,1-3H3,(H2,31,35,36,37)/b18-13-. The first-order valence-corrected chi connectivity index (χ1v) is 12.7. The van der Waals surface area contributed by atoms with Crippen molar-refractivity contribution in [3.8, 4) is 22.5 Å². The van der Waals surface area contributed by atoms with Crippen molar-refractivity contribution in [2.75, 3.05) is 11.9 Å². The van der Waals surface area contributed by atoms with Gasteiger partial charge >= 0.3 is 0 Å². The van der Waals surface area contributed by atoms with E-state index in [4.69, 9.17) is 10.7 Å². The zero-order valence-electron chi connectivity index (χ0n) is 21.9. The van der Waals surface area contributed by atoms with Crippen molar-refractivity contribution < 1.29 is 4.79 Å². The maximum absolute atomic E-state index is 13.6. The number of benzene rings is 2. The molecule has 0 unspecified atom stereocenters. The fourth-order valence-electron chi connectivity index (χ4n) is 5.04. The number of fused-ring (bicyclic) bond motifs is 2. The number of nitrogens with zero attached hydrogens (tertiary/aromatic N) is 4. The number of nitrogens with two attached hydrogens (primary N) is 1. The second kappa shape index (κ2) is 9.60. The van der Waals surface area contributed by atoms with Gasteiger partial charge in [-0.05, 0) is 55.3 Å². The molecule has 0 fully saturated rings. The van der Waals surface area contributed by atoms with E-state index in [2.05, 4.69) is 31.3 Å². The maximum Gasteiger partial charge on any atom is 0.259 e. The molecular formula is C30H28N8O. The molecule has 9 heteroatoms. The van der Waals surface area contributed by atoms with Crippen LogP contribution in [0.1, 0.15) is 28.4 Å². The molecule has 0 aliphatic carbocycles. The number of amidine groups is 1. The van der Waals surface area contributed by atoms with Crippen LogP contribution in [0, 0.1) is 6.92 Å². The Kier molecular flexibility index (Phi) is 5.95. The molecule has 1 aliphatic heterocycles. The highest BCUT2D eigenvalue weighted by Gasteiger charge is 2.32. The number of amides is 1. The third-order valence-electron chi connectivity index (χ3n) is 7.04. The number of H-pyrrole nitrogens is 2. The lowest BCUT2D eigenvalue weighted by molar-refractivity contribution is 0.0997. The fraction of sp³-hybridized carbons (Fsp3) is 0.133. The minimum atomic E-state index is -0.0164. The Morgan fingerprint density at radius 3 is 2.72 bits per heavy atom. The summed E-state index contributed by atoms with van der Waals surface area (Å²) in [5.74, 6) is 0.571. The molecule has 39 heavy (non-hydrogen) atoms. The first-order chi connectivity index (χ1) is 18.9. The average Bonchev–Trinajstić information content (AvgIpc) is 3.69. The van der Waals surface area contributed by atoms with Crippen molar-refractivity contribution >= 4 is 34.3 Å². The molecular weight excluding hydrogens is 488 g/mol. The van der Waals surface area contributed by atoms with E-state index in [0.29, 0.717) is 12.4 Å². The van der Waals surface area contributed by atoms with Crippen LogP contribution in [0.15, 0.2) is 83.9 Å². The summed E-state index contributed by atoms with van der Waals surface area (Å²) < 4.78 is 0. The molecule has 9 nitrogen and oxygen atoms in total. The van der Waals surface area contributed by atoms with Crippen LogP contribution in [0.4, 0.5) is 11.6 Å². The van der Waals surface area contributed by atoms with Gasteiger partial charge in [0.1, 0.15) is 5.84 Å². The number of para-hydroxylation sites is 1. The summed E-state index contributed by atoms with van der Waals surface area (Å²) in [6.07, 6.45) is 7.29. The van der Waals surface area contributed by atoms with E-state index in [1.54, 1.807) is 12.3 Å². The number of aromatic nitrogens is 4. The van der Waals surface area contributed by atoms with Crippen LogP contribution in [-0.4, -0.2) is 38.7 Å². The van der Waals surface area contributed by atoms with Gasteiger partial charge in [0, 0.05) is 59.1 Å². The van der Waals surface area contributed by atoms with Gasteiger partial charge in [-0.15, -0.1) is 0 Å². The molecule has 0 radical (unpaired) electrons. The second-order valence-electron chi connectivity index (χ2n) is 9.52. The van der Waals surface area contributed by atoms with E-state index in [9.17, 15) is 4.79 Å². The molecule has 0 saturated carbocycles. The van der Waals surface area contributed by atoms with E-state index in [1.807, 2.05) is 80.7 Å². The van der Waals surface area contributed by atoms with Crippen LogP contribution < -0.4 is 16.0 Å². The van der Waals surface area contributed by atoms with Crippen molar-refractivity contribution in [1.29, 1.82) is 0 Å². The molecule has 0 spiro atoms. The predicted molar refractivity (Wildman–Crippen MR) is 155 cm³/mol. The van der Waals surface area contributed by atoms with Crippen molar-refractivity contribution in [3.63, 3.8) is 0 Å². The van der Waals surface area contributed by atoms with Gasteiger partial charge in [-0.25, -0.2) is 9.97 Å². The lowest BCUT2D eigenvalue weighted by Crippen LogP contribution is -2.23. The zero-order valence-corrected chi connectivity index (χ0v) is 21.9. The Morgan fingerprint density at radius 2 is 1.92 bits per heavy atom. The van der Waals surface area contributed by atoms with E-state index in [1.165, 1.54) is 0 Å². The van der Waals surface area contributed by atoms with Crippen LogP contribution in [0.3, 0.4) is 0 Å². The third kappa shape index (κ3) is 4.23. The Bertz CT molecular complexity index is 1780. The van der Waals surface area contributed by atoms with Crippen molar-refractivity contribution in [2.45, 2.75) is 20.4 Å². The van der Waals surface area contributed by atoms with Crippen LogP contribution in [-0.2, 0) is 6.54 Å². The normalized spacial score (nSPS) is 13.8. The van der Waals surface area contributed by atoms with Gasteiger partial charge in [0.15, 0.2) is 0 Å².